The number of thioether (sulfide) groups is 1. The number of amides is 2. The van der Waals surface area contributed by atoms with E-state index < -0.39 is 12.0 Å². The van der Waals surface area contributed by atoms with Crippen LogP contribution in [0.1, 0.15) is 60.0 Å². The molecule has 0 heterocycles. The first kappa shape index (κ1) is 33.1. The standard InChI is InChI=1S/C36H44N2O5S/c1-26-12-10-11-17-30(26)32-24-27(18-19-31(32)34(39)37-33(21-23-44-3)35(40)42-2)20-22-38(25-28-13-6-4-7-14-28)36(41)43-29-15-8-5-9-16-29/h5,8-12,15-19,24,28,33H,4,6-7,13-14,20-23,25H2,1-3H3,(H,37,39). The minimum Gasteiger partial charge on any atom is -0.467 e. The number of benzene rings is 3. The molecule has 1 aliphatic rings. The summed E-state index contributed by atoms with van der Waals surface area (Å²) < 4.78 is 10.7. The Morgan fingerprint density at radius 2 is 1.68 bits per heavy atom. The molecule has 4 rings (SSSR count). The second-order valence-corrected chi connectivity index (χ2v) is 12.4. The summed E-state index contributed by atoms with van der Waals surface area (Å²) in [5.41, 5.74) is 4.27. The number of nitrogens with one attached hydrogen (secondary N) is 1. The van der Waals surface area contributed by atoms with E-state index in [-0.39, 0.29) is 12.0 Å². The van der Waals surface area contributed by atoms with Gasteiger partial charge in [-0.15, -0.1) is 0 Å². The molecule has 234 valence electrons. The van der Waals surface area contributed by atoms with Gasteiger partial charge in [-0.25, -0.2) is 9.59 Å². The lowest BCUT2D eigenvalue weighted by atomic mass is 9.89. The van der Waals surface area contributed by atoms with Gasteiger partial charge in [-0.05, 0) is 91.0 Å². The summed E-state index contributed by atoms with van der Waals surface area (Å²) in [4.78, 5) is 41.2. The number of carbonyl (C=O) groups is 3. The van der Waals surface area contributed by atoms with Crippen molar-refractivity contribution >= 4 is 29.7 Å². The van der Waals surface area contributed by atoms with Crippen molar-refractivity contribution in [1.82, 2.24) is 10.2 Å². The zero-order valence-corrected chi connectivity index (χ0v) is 26.9. The van der Waals surface area contributed by atoms with Crippen LogP contribution in [0.25, 0.3) is 11.1 Å². The van der Waals surface area contributed by atoms with Crippen molar-refractivity contribution in [3.63, 3.8) is 0 Å². The third-order valence-electron chi connectivity index (χ3n) is 8.25. The predicted molar refractivity (Wildman–Crippen MR) is 177 cm³/mol. The van der Waals surface area contributed by atoms with E-state index in [0.717, 1.165) is 35.1 Å². The number of carbonyl (C=O) groups excluding carboxylic acids is 3. The van der Waals surface area contributed by atoms with Crippen molar-refractivity contribution in [2.75, 3.05) is 32.2 Å². The van der Waals surface area contributed by atoms with Gasteiger partial charge in [0.25, 0.3) is 5.91 Å². The monoisotopic (exact) mass is 616 g/mol. The Labute approximate surface area is 265 Å². The molecule has 1 aliphatic carbocycles. The number of hydrogen-bond acceptors (Lipinski definition) is 6. The second kappa shape index (κ2) is 16.9. The molecule has 0 aliphatic heterocycles. The van der Waals surface area contributed by atoms with E-state index >= 15 is 0 Å². The highest BCUT2D eigenvalue weighted by atomic mass is 32.2. The molecular weight excluding hydrogens is 572 g/mol. The molecule has 1 fully saturated rings. The van der Waals surface area contributed by atoms with Gasteiger partial charge < -0.3 is 19.7 Å². The Hall–Kier alpha value is -3.78. The molecule has 7 nitrogen and oxygen atoms in total. The average Bonchev–Trinajstić information content (AvgIpc) is 3.05. The van der Waals surface area contributed by atoms with Crippen LogP contribution in [-0.4, -0.2) is 61.1 Å². The molecule has 3 aromatic carbocycles. The SMILES string of the molecule is COC(=O)C(CCSC)NC(=O)c1ccc(CCN(CC2CCCCC2)C(=O)Oc2ccccc2)cc1-c1ccccc1C. The van der Waals surface area contributed by atoms with Gasteiger partial charge in [0.1, 0.15) is 11.8 Å². The smallest absolute Gasteiger partial charge is 0.415 e. The van der Waals surface area contributed by atoms with E-state index in [2.05, 4.69) is 5.32 Å². The molecule has 1 unspecified atom stereocenters. The van der Waals surface area contributed by atoms with Crippen LogP contribution in [0, 0.1) is 12.8 Å². The van der Waals surface area contributed by atoms with Gasteiger partial charge in [0.15, 0.2) is 0 Å². The summed E-state index contributed by atoms with van der Waals surface area (Å²) in [5, 5.41) is 2.91. The van der Waals surface area contributed by atoms with Crippen LogP contribution in [0.15, 0.2) is 72.8 Å². The Bertz CT molecular complexity index is 1390. The Kier molecular flexibility index (Phi) is 12.7. The Balaban J connectivity index is 1.58. The van der Waals surface area contributed by atoms with Gasteiger partial charge in [0.2, 0.25) is 0 Å². The molecule has 8 heteroatoms. The van der Waals surface area contributed by atoms with E-state index in [4.69, 9.17) is 9.47 Å². The predicted octanol–water partition coefficient (Wildman–Crippen LogP) is 7.31. The Morgan fingerprint density at radius 3 is 2.39 bits per heavy atom. The third kappa shape index (κ3) is 9.36. The van der Waals surface area contributed by atoms with Gasteiger partial charge in [-0.1, -0.05) is 73.9 Å². The molecule has 1 saturated carbocycles. The van der Waals surface area contributed by atoms with Gasteiger partial charge in [0, 0.05) is 18.7 Å². The molecule has 1 N–H and O–H groups in total. The third-order valence-corrected chi connectivity index (χ3v) is 8.89. The van der Waals surface area contributed by atoms with Crippen LogP contribution in [0.3, 0.4) is 0 Å². The topological polar surface area (TPSA) is 84.9 Å². The molecule has 0 spiro atoms. The molecule has 0 aromatic heterocycles. The highest BCUT2D eigenvalue weighted by Crippen LogP contribution is 2.29. The summed E-state index contributed by atoms with van der Waals surface area (Å²) in [6.07, 6.45) is 8.61. The summed E-state index contributed by atoms with van der Waals surface area (Å²) >= 11 is 1.61. The average molecular weight is 617 g/mol. The van der Waals surface area contributed by atoms with Crippen LogP contribution < -0.4 is 10.1 Å². The molecule has 2 amide bonds. The lowest BCUT2D eigenvalue weighted by Gasteiger charge is -2.29. The minimum atomic E-state index is -0.728. The fourth-order valence-electron chi connectivity index (χ4n) is 5.76. The van der Waals surface area contributed by atoms with Gasteiger partial charge >= 0.3 is 12.1 Å². The maximum absolute atomic E-state index is 13.6. The highest BCUT2D eigenvalue weighted by Gasteiger charge is 2.25. The van der Waals surface area contributed by atoms with Crippen LogP contribution in [0.5, 0.6) is 5.75 Å². The highest BCUT2D eigenvalue weighted by molar-refractivity contribution is 7.98. The molecule has 1 atom stereocenters. The summed E-state index contributed by atoms with van der Waals surface area (Å²) in [7, 11) is 1.33. The maximum atomic E-state index is 13.6. The lowest BCUT2D eigenvalue weighted by Crippen LogP contribution is -2.42. The lowest BCUT2D eigenvalue weighted by molar-refractivity contribution is -0.142. The normalized spacial score (nSPS) is 14.0. The number of para-hydroxylation sites is 1. The number of nitrogens with zero attached hydrogens (tertiary/aromatic N) is 1. The van der Waals surface area contributed by atoms with E-state index in [1.54, 1.807) is 23.9 Å². The fraction of sp³-hybridized carbons (Fsp3) is 0.417. The second-order valence-electron chi connectivity index (χ2n) is 11.4. The maximum Gasteiger partial charge on any atom is 0.415 e. The Morgan fingerprint density at radius 1 is 0.955 bits per heavy atom. The van der Waals surface area contributed by atoms with Crippen LogP contribution in [-0.2, 0) is 16.0 Å². The van der Waals surface area contributed by atoms with Crippen molar-refractivity contribution in [2.24, 2.45) is 5.92 Å². The molecule has 3 aromatic rings. The van der Waals surface area contributed by atoms with Gasteiger partial charge in [-0.3, -0.25) is 4.79 Å². The van der Waals surface area contributed by atoms with Gasteiger partial charge in [0.05, 0.1) is 7.11 Å². The fourth-order valence-corrected chi connectivity index (χ4v) is 6.23. The van der Waals surface area contributed by atoms with Crippen molar-refractivity contribution in [3.05, 3.63) is 89.5 Å². The zero-order chi connectivity index (χ0) is 31.3. The van der Waals surface area contributed by atoms with Crippen molar-refractivity contribution in [2.45, 2.75) is 57.9 Å². The van der Waals surface area contributed by atoms with Crippen LogP contribution in [0.2, 0.25) is 0 Å². The van der Waals surface area contributed by atoms with E-state index in [9.17, 15) is 14.4 Å². The summed E-state index contributed by atoms with van der Waals surface area (Å²) in [5.74, 6) is 0.938. The number of methoxy groups -OCH3 is 1. The summed E-state index contributed by atoms with van der Waals surface area (Å²) in [6.45, 7) is 3.19. The molecule has 44 heavy (non-hydrogen) atoms. The molecular formula is C36H44N2O5S. The first-order valence-electron chi connectivity index (χ1n) is 15.5. The summed E-state index contributed by atoms with van der Waals surface area (Å²) in [6, 6.07) is 22.2. The quantitative estimate of drug-likeness (QED) is 0.203. The van der Waals surface area contributed by atoms with E-state index in [1.165, 1.54) is 26.4 Å². The minimum absolute atomic E-state index is 0.323. The van der Waals surface area contributed by atoms with Gasteiger partial charge in [-0.2, -0.15) is 11.8 Å². The zero-order valence-electron chi connectivity index (χ0n) is 26.1. The van der Waals surface area contributed by atoms with Crippen molar-refractivity contribution in [3.8, 4) is 16.9 Å². The molecule has 0 bridgehead atoms. The number of aryl methyl sites for hydroxylation is 1. The van der Waals surface area contributed by atoms with Crippen molar-refractivity contribution in [1.29, 1.82) is 0 Å². The largest absolute Gasteiger partial charge is 0.467 e. The van der Waals surface area contributed by atoms with Crippen molar-refractivity contribution < 1.29 is 23.9 Å². The van der Waals surface area contributed by atoms with E-state index in [0.29, 0.717) is 48.9 Å². The number of ether oxygens (including phenoxy) is 2. The number of esters is 1. The first-order valence-corrected chi connectivity index (χ1v) is 16.9. The molecule has 0 saturated heterocycles. The number of rotatable bonds is 13. The number of hydrogen-bond donors (Lipinski definition) is 1. The van der Waals surface area contributed by atoms with Crippen LogP contribution >= 0.6 is 11.8 Å². The molecule has 0 radical (unpaired) electrons. The van der Waals surface area contributed by atoms with Crippen LogP contribution in [0.4, 0.5) is 4.79 Å². The van der Waals surface area contributed by atoms with E-state index in [1.807, 2.05) is 78.7 Å². The first-order chi connectivity index (χ1) is 21.4.